The molecule has 1 N–H and O–H groups in total. The summed E-state index contributed by atoms with van der Waals surface area (Å²) in [5, 5.41) is 7.35. The first-order valence-corrected chi connectivity index (χ1v) is 10.5. The number of aromatic nitrogens is 2. The van der Waals surface area contributed by atoms with Gasteiger partial charge in [-0.3, -0.25) is 4.79 Å². The lowest BCUT2D eigenvalue weighted by Gasteiger charge is -2.17. The van der Waals surface area contributed by atoms with E-state index < -0.39 is 5.91 Å². The highest BCUT2D eigenvalue weighted by molar-refractivity contribution is 6.34. The van der Waals surface area contributed by atoms with Crippen molar-refractivity contribution < 1.29 is 18.7 Å². The quantitative estimate of drug-likeness (QED) is 0.542. The number of hydrogen-bond donors (Lipinski definition) is 1. The lowest BCUT2D eigenvalue weighted by atomic mass is 10.2. The van der Waals surface area contributed by atoms with Crippen LogP contribution in [0.15, 0.2) is 42.5 Å². The fraction of sp³-hybridized carbons (Fsp3) is 0.304. The first kappa shape index (κ1) is 21.2. The van der Waals surface area contributed by atoms with Crippen LogP contribution in [0.4, 0.5) is 10.1 Å². The topological polar surface area (TPSA) is 65.4 Å². The SMILES string of the molecule is COc1ccc(NC(=O)c2c(C)nn(-c3ccc(F)cc3)c2Cl)cc1OC1CCCC1. The van der Waals surface area contributed by atoms with Crippen LogP contribution in [0.3, 0.4) is 0 Å². The second kappa shape index (κ2) is 8.98. The first-order chi connectivity index (χ1) is 15.0. The summed E-state index contributed by atoms with van der Waals surface area (Å²) in [5.74, 6) is 0.449. The number of aryl methyl sites for hydroxylation is 1. The lowest BCUT2D eigenvalue weighted by Crippen LogP contribution is -2.14. The van der Waals surface area contributed by atoms with Crippen LogP contribution in [-0.4, -0.2) is 28.9 Å². The minimum atomic E-state index is -0.396. The van der Waals surface area contributed by atoms with Crippen molar-refractivity contribution in [1.82, 2.24) is 9.78 Å². The number of anilines is 1. The average molecular weight is 444 g/mol. The maximum Gasteiger partial charge on any atom is 0.260 e. The van der Waals surface area contributed by atoms with Crippen LogP contribution >= 0.6 is 11.6 Å². The number of nitrogens with zero attached hydrogens (tertiary/aromatic N) is 2. The molecular formula is C23H23ClFN3O3. The summed E-state index contributed by atoms with van der Waals surface area (Å²) in [6.07, 6.45) is 4.48. The summed E-state index contributed by atoms with van der Waals surface area (Å²) < 4.78 is 26.1. The molecule has 31 heavy (non-hydrogen) atoms. The number of hydrogen-bond acceptors (Lipinski definition) is 4. The Balaban J connectivity index is 1.57. The number of carbonyl (C=O) groups is 1. The maximum atomic E-state index is 13.2. The van der Waals surface area contributed by atoms with Gasteiger partial charge in [0.25, 0.3) is 5.91 Å². The van der Waals surface area contributed by atoms with Crippen molar-refractivity contribution in [2.75, 3.05) is 12.4 Å². The molecule has 6 nitrogen and oxygen atoms in total. The number of methoxy groups -OCH3 is 1. The highest BCUT2D eigenvalue weighted by Crippen LogP contribution is 2.34. The van der Waals surface area contributed by atoms with E-state index in [2.05, 4.69) is 10.4 Å². The highest BCUT2D eigenvalue weighted by Gasteiger charge is 2.23. The van der Waals surface area contributed by atoms with Gasteiger partial charge in [0.05, 0.1) is 24.6 Å². The second-order valence-corrected chi connectivity index (χ2v) is 7.84. The van der Waals surface area contributed by atoms with Crippen molar-refractivity contribution in [2.45, 2.75) is 38.7 Å². The van der Waals surface area contributed by atoms with E-state index in [-0.39, 0.29) is 22.6 Å². The van der Waals surface area contributed by atoms with Gasteiger partial charge in [0.2, 0.25) is 0 Å². The van der Waals surface area contributed by atoms with Crippen LogP contribution in [0.2, 0.25) is 5.15 Å². The Kier molecular flexibility index (Phi) is 6.13. The molecule has 0 atom stereocenters. The van der Waals surface area contributed by atoms with Gasteiger partial charge in [-0.05, 0) is 69.0 Å². The van der Waals surface area contributed by atoms with E-state index in [4.69, 9.17) is 21.1 Å². The molecule has 1 heterocycles. The molecule has 1 amide bonds. The van der Waals surface area contributed by atoms with Gasteiger partial charge in [-0.1, -0.05) is 11.6 Å². The number of nitrogens with one attached hydrogen (secondary N) is 1. The zero-order valence-corrected chi connectivity index (χ0v) is 18.1. The number of amides is 1. The number of rotatable bonds is 6. The van der Waals surface area contributed by atoms with Gasteiger partial charge >= 0.3 is 0 Å². The summed E-state index contributed by atoms with van der Waals surface area (Å²) in [4.78, 5) is 13.0. The molecule has 2 aromatic carbocycles. The van der Waals surface area contributed by atoms with Crippen molar-refractivity contribution in [2.24, 2.45) is 0 Å². The third-order valence-corrected chi connectivity index (χ3v) is 5.67. The van der Waals surface area contributed by atoms with Gasteiger partial charge in [0.15, 0.2) is 11.5 Å². The Labute approximate surface area is 184 Å². The fourth-order valence-electron chi connectivity index (χ4n) is 3.74. The van der Waals surface area contributed by atoms with Crippen LogP contribution in [0.5, 0.6) is 11.5 Å². The second-order valence-electron chi connectivity index (χ2n) is 7.48. The molecule has 4 rings (SSSR count). The molecule has 1 aliphatic carbocycles. The number of benzene rings is 2. The molecule has 162 valence electrons. The van der Waals surface area contributed by atoms with Crippen LogP contribution < -0.4 is 14.8 Å². The van der Waals surface area contributed by atoms with E-state index >= 15 is 0 Å². The summed E-state index contributed by atoms with van der Waals surface area (Å²) in [5.41, 5.74) is 1.83. The number of ether oxygens (including phenoxy) is 2. The Morgan fingerprint density at radius 1 is 1.16 bits per heavy atom. The fourth-order valence-corrected chi connectivity index (χ4v) is 4.09. The zero-order chi connectivity index (χ0) is 22.0. The van der Waals surface area contributed by atoms with E-state index in [1.807, 2.05) is 0 Å². The van der Waals surface area contributed by atoms with E-state index in [0.717, 1.165) is 25.7 Å². The third-order valence-electron chi connectivity index (χ3n) is 5.32. The predicted octanol–water partition coefficient (Wildman–Crippen LogP) is 5.56. The summed E-state index contributed by atoms with van der Waals surface area (Å²) in [7, 11) is 1.59. The van der Waals surface area contributed by atoms with Crippen LogP contribution in [0.1, 0.15) is 41.7 Å². The molecule has 1 aromatic heterocycles. The minimum absolute atomic E-state index is 0.151. The molecule has 0 saturated heterocycles. The monoisotopic (exact) mass is 443 g/mol. The lowest BCUT2D eigenvalue weighted by molar-refractivity contribution is 0.102. The van der Waals surface area contributed by atoms with Gasteiger partial charge in [0, 0.05) is 11.8 Å². The Hall–Kier alpha value is -3.06. The molecule has 1 fully saturated rings. The van der Waals surface area contributed by atoms with Gasteiger partial charge in [-0.15, -0.1) is 0 Å². The molecule has 0 unspecified atom stereocenters. The van der Waals surface area contributed by atoms with E-state index in [0.29, 0.717) is 28.6 Å². The Bertz CT molecular complexity index is 1090. The van der Waals surface area contributed by atoms with Crippen molar-refractivity contribution in [1.29, 1.82) is 0 Å². The Morgan fingerprint density at radius 3 is 2.55 bits per heavy atom. The zero-order valence-electron chi connectivity index (χ0n) is 17.3. The molecular weight excluding hydrogens is 421 g/mol. The van der Waals surface area contributed by atoms with E-state index in [1.54, 1.807) is 44.4 Å². The van der Waals surface area contributed by atoms with Gasteiger partial charge in [-0.25, -0.2) is 9.07 Å². The smallest absolute Gasteiger partial charge is 0.260 e. The first-order valence-electron chi connectivity index (χ1n) is 10.1. The standard InChI is InChI=1S/C23H23ClFN3O3/c1-14-21(22(24)28(27-14)17-10-7-15(25)8-11-17)23(29)26-16-9-12-19(30-2)20(13-16)31-18-5-3-4-6-18/h7-13,18H,3-6H2,1-2H3,(H,26,29). The largest absolute Gasteiger partial charge is 0.493 e. The summed E-state index contributed by atoms with van der Waals surface area (Å²) in [6, 6.07) is 11.0. The summed E-state index contributed by atoms with van der Waals surface area (Å²) >= 11 is 6.46. The van der Waals surface area contributed by atoms with Crippen LogP contribution in [0, 0.1) is 12.7 Å². The molecule has 0 bridgehead atoms. The Morgan fingerprint density at radius 2 is 1.87 bits per heavy atom. The summed E-state index contributed by atoms with van der Waals surface area (Å²) in [6.45, 7) is 1.70. The van der Waals surface area contributed by atoms with Gasteiger partial charge in [0.1, 0.15) is 16.5 Å². The van der Waals surface area contributed by atoms with Crippen molar-refractivity contribution in [3.8, 4) is 17.2 Å². The van der Waals surface area contributed by atoms with Crippen LogP contribution in [0.25, 0.3) is 5.69 Å². The van der Waals surface area contributed by atoms with Crippen molar-refractivity contribution >= 4 is 23.2 Å². The highest BCUT2D eigenvalue weighted by atomic mass is 35.5. The molecule has 8 heteroatoms. The number of carbonyl (C=O) groups excluding carboxylic acids is 1. The predicted molar refractivity (Wildman–Crippen MR) is 117 cm³/mol. The minimum Gasteiger partial charge on any atom is -0.493 e. The van der Waals surface area contributed by atoms with Crippen molar-refractivity contribution in [3.63, 3.8) is 0 Å². The maximum absolute atomic E-state index is 13.2. The molecule has 0 aliphatic heterocycles. The van der Waals surface area contributed by atoms with Crippen molar-refractivity contribution in [3.05, 3.63) is 64.7 Å². The van der Waals surface area contributed by atoms with Gasteiger partial charge in [-0.2, -0.15) is 5.10 Å². The average Bonchev–Trinajstić information content (AvgIpc) is 3.36. The molecule has 3 aromatic rings. The third kappa shape index (κ3) is 4.51. The molecule has 1 aliphatic rings. The van der Waals surface area contributed by atoms with Gasteiger partial charge < -0.3 is 14.8 Å². The van der Waals surface area contributed by atoms with E-state index in [1.165, 1.54) is 16.8 Å². The number of halogens is 2. The molecule has 0 spiro atoms. The van der Waals surface area contributed by atoms with E-state index in [9.17, 15) is 9.18 Å². The van der Waals surface area contributed by atoms with Crippen LogP contribution in [-0.2, 0) is 0 Å². The normalized spacial score (nSPS) is 13.9. The molecule has 0 radical (unpaired) electrons. The molecule has 1 saturated carbocycles.